The summed E-state index contributed by atoms with van der Waals surface area (Å²) in [7, 11) is -3.56. The Hall–Kier alpha value is -1.44. The zero-order chi connectivity index (χ0) is 14.8. The van der Waals surface area contributed by atoms with E-state index in [1.165, 1.54) is 12.1 Å². The third-order valence-corrected chi connectivity index (χ3v) is 4.49. The third-order valence-electron chi connectivity index (χ3n) is 2.97. The summed E-state index contributed by atoms with van der Waals surface area (Å²) in [5.41, 5.74) is 3.24. The number of carbonyl (C=O) groups is 1. The second kappa shape index (κ2) is 5.90. The molecular weight excluding hydrogens is 280 g/mol. The van der Waals surface area contributed by atoms with E-state index in [4.69, 9.17) is 4.84 Å². The molecule has 0 radical (unpaired) electrons. The monoisotopic (exact) mass is 298 g/mol. The summed E-state index contributed by atoms with van der Waals surface area (Å²) in [6.45, 7) is 3.82. The van der Waals surface area contributed by atoms with Crippen LogP contribution in [0.4, 0.5) is 0 Å². The van der Waals surface area contributed by atoms with Gasteiger partial charge in [-0.15, -0.1) is 0 Å². The average Bonchev–Trinajstić information content (AvgIpc) is 3.19. The molecule has 0 aliphatic heterocycles. The van der Waals surface area contributed by atoms with Crippen molar-refractivity contribution in [2.24, 2.45) is 0 Å². The van der Waals surface area contributed by atoms with E-state index in [9.17, 15) is 13.2 Å². The maximum absolute atomic E-state index is 12.1. The molecule has 1 amide bonds. The van der Waals surface area contributed by atoms with Gasteiger partial charge in [-0.1, -0.05) is 6.07 Å². The van der Waals surface area contributed by atoms with Crippen LogP contribution in [0.15, 0.2) is 23.1 Å². The Morgan fingerprint density at radius 3 is 2.70 bits per heavy atom. The van der Waals surface area contributed by atoms with Gasteiger partial charge in [0.2, 0.25) is 10.0 Å². The summed E-state index contributed by atoms with van der Waals surface area (Å²) in [6, 6.07) is 4.51. The first-order valence-corrected chi connectivity index (χ1v) is 7.97. The Balaban J connectivity index is 2.25. The average molecular weight is 298 g/mol. The fraction of sp³-hybridized carbons (Fsp3) is 0.462. The molecule has 6 nitrogen and oxygen atoms in total. The summed E-state index contributed by atoms with van der Waals surface area (Å²) in [4.78, 5) is 16.8. The van der Waals surface area contributed by atoms with Crippen molar-refractivity contribution in [1.82, 2.24) is 10.2 Å². The van der Waals surface area contributed by atoms with Crippen LogP contribution in [0.3, 0.4) is 0 Å². The lowest BCUT2D eigenvalue weighted by atomic mass is 10.1. The fourth-order valence-corrected chi connectivity index (χ4v) is 3.03. The van der Waals surface area contributed by atoms with Crippen molar-refractivity contribution in [2.75, 3.05) is 6.61 Å². The van der Waals surface area contributed by atoms with Crippen LogP contribution < -0.4 is 10.2 Å². The summed E-state index contributed by atoms with van der Waals surface area (Å²) >= 11 is 0. The van der Waals surface area contributed by atoms with Crippen LogP contribution in [0.5, 0.6) is 0 Å². The van der Waals surface area contributed by atoms with Gasteiger partial charge in [0.05, 0.1) is 11.5 Å². The van der Waals surface area contributed by atoms with E-state index in [1.54, 1.807) is 19.9 Å². The van der Waals surface area contributed by atoms with Gasteiger partial charge in [-0.2, -0.15) is 0 Å². The van der Waals surface area contributed by atoms with E-state index in [-0.39, 0.29) is 16.5 Å². The van der Waals surface area contributed by atoms with Crippen LogP contribution in [0.25, 0.3) is 0 Å². The molecule has 1 aromatic rings. The molecule has 1 aliphatic carbocycles. The molecule has 0 spiro atoms. The normalized spacial score (nSPS) is 15.1. The largest absolute Gasteiger partial charge is 0.275 e. The molecule has 0 heterocycles. The lowest BCUT2D eigenvalue weighted by molar-refractivity contribution is 0.0364. The quantitative estimate of drug-likeness (QED) is 0.771. The van der Waals surface area contributed by atoms with Crippen LogP contribution in [0, 0.1) is 6.92 Å². The summed E-state index contributed by atoms with van der Waals surface area (Å²) < 4.78 is 26.8. The van der Waals surface area contributed by atoms with Gasteiger partial charge in [0.1, 0.15) is 0 Å². The molecule has 1 fully saturated rings. The van der Waals surface area contributed by atoms with Crippen molar-refractivity contribution in [1.29, 1.82) is 0 Å². The van der Waals surface area contributed by atoms with E-state index in [2.05, 4.69) is 10.2 Å². The summed E-state index contributed by atoms with van der Waals surface area (Å²) in [6.07, 6.45) is 1.73. The van der Waals surface area contributed by atoms with E-state index < -0.39 is 15.9 Å². The molecular formula is C13H18N2O4S. The molecule has 0 saturated heterocycles. The molecule has 2 N–H and O–H groups in total. The molecule has 0 bridgehead atoms. The first-order valence-electron chi connectivity index (χ1n) is 6.49. The topological polar surface area (TPSA) is 84.5 Å². The minimum absolute atomic E-state index is 0.0296. The standard InChI is InChI=1S/C13H18N2O4S/c1-3-19-14-13(16)12-8-11(7-4-9(12)2)20(17,18)15-10-5-6-10/h4,7-8,10,15H,3,5-6H2,1-2H3,(H,14,16). The molecule has 0 aromatic heterocycles. The molecule has 20 heavy (non-hydrogen) atoms. The molecule has 0 atom stereocenters. The minimum Gasteiger partial charge on any atom is -0.274 e. The number of amides is 1. The predicted octanol–water partition coefficient (Wildman–Crippen LogP) is 1.12. The SMILES string of the molecule is CCONC(=O)c1cc(S(=O)(=O)NC2CC2)ccc1C. The highest BCUT2D eigenvalue weighted by Crippen LogP contribution is 2.23. The Labute approximate surface area is 118 Å². The van der Waals surface area contributed by atoms with Crippen LogP contribution in [0.2, 0.25) is 0 Å². The van der Waals surface area contributed by atoms with Gasteiger partial charge in [-0.25, -0.2) is 18.6 Å². The maximum Gasteiger partial charge on any atom is 0.275 e. The van der Waals surface area contributed by atoms with Gasteiger partial charge in [-0.3, -0.25) is 9.63 Å². The van der Waals surface area contributed by atoms with Gasteiger partial charge in [-0.05, 0) is 44.4 Å². The van der Waals surface area contributed by atoms with Crippen LogP contribution in [0.1, 0.15) is 35.7 Å². The summed E-state index contributed by atoms with van der Waals surface area (Å²) in [5, 5.41) is 0. The zero-order valence-electron chi connectivity index (χ0n) is 11.5. The number of nitrogens with one attached hydrogen (secondary N) is 2. The lowest BCUT2D eigenvalue weighted by Crippen LogP contribution is -2.27. The number of hydrogen-bond acceptors (Lipinski definition) is 4. The molecule has 7 heteroatoms. The molecule has 110 valence electrons. The highest BCUT2D eigenvalue weighted by molar-refractivity contribution is 7.89. The number of sulfonamides is 1. The molecule has 0 unspecified atom stereocenters. The summed E-state index contributed by atoms with van der Waals surface area (Å²) in [5.74, 6) is -0.451. The van der Waals surface area contributed by atoms with E-state index in [0.717, 1.165) is 12.8 Å². The van der Waals surface area contributed by atoms with E-state index >= 15 is 0 Å². The van der Waals surface area contributed by atoms with Gasteiger partial charge in [0, 0.05) is 11.6 Å². The van der Waals surface area contributed by atoms with Crippen molar-refractivity contribution in [2.45, 2.75) is 37.6 Å². The Kier molecular flexibility index (Phi) is 4.42. The number of rotatable bonds is 6. The Morgan fingerprint density at radius 1 is 1.40 bits per heavy atom. The zero-order valence-corrected chi connectivity index (χ0v) is 12.3. The van der Waals surface area contributed by atoms with Crippen molar-refractivity contribution >= 4 is 15.9 Å². The fourth-order valence-electron chi connectivity index (χ4n) is 1.69. The van der Waals surface area contributed by atoms with Crippen molar-refractivity contribution in [3.63, 3.8) is 0 Å². The van der Waals surface area contributed by atoms with Crippen LogP contribution >= 0.6 is 0 Å². The smallest absolute Gasteiger partial charge is 0.274 e. The van der Waals surface area contributed by atoms with Gasteiger partial charge < -0.3 is 0 Å². The van der Waals surface area contributed by atoms with Crippen molar-refractivity contribution in [3.8, 4) is 0 Å². The molecule has 1 aromatic carbocycles. The number of carbonyl (C=O) groups excluding carboxylic acids is 1. The van der Waals surface area contributed by atoms with Crippen molar-refractivity contribution < 1.29 is 18.0 Å². The number of benzene rings is 1. The Bertz CT molecular complexity index is 609. The first kappa shape index (κ1) is 15.0. The van der Waals surface area contributed by atoms with Gasteiger partial charge >= 0.3 is 0 Å². The van der Waals surface area contributed by atoms with E-state index in [1.807, 2.05) is 0 Å². The highest BCUT2D eigenvalue weighted by Gasteiger charge is 2.28. The third kappa shape index (κ3) is 3.56. The highest BCUT2D eigenvalue weighted by atomic mass is 32.2. The van der Waals surface area contributed by atoms with Gasteiger partial charge in [0.25, 0.3) is 5.91 Å². The molecule has 1 aliphatic rings. The van der Waals surface area contributed by atoms with Crippen LogP contribution in [-0.2, 0) is 14.9 Å². The second-order valence-electron chi connectivity index (χ2n) is 4.74. The molecule has 2 rings (SSSR count). The number of hydrogen-bond donors (Lipinski definition) is 2. The minimum atomic E-state index is -3.56. The maximum atomic E-state index is 12.1. The van der Waals surface area contributed by atoms with Gasteiger partial charge in [0.15, 0.2) is 0 Å². The predicted molar refractivity (Wildman–Crippen MR) is 73.6 cm³/mol. The van der Waals surface area contributed by atoms with E-state index in [0.29, 0.717) is 12.2 Å². The molecule has 1 saturated carbocycles. The van der Waals surface area contributed by atoms with Crippen LogP contribution in [-0.4, -0.2) is 27.0 Å². The van der Waals surface area contributed by atoms with Crippen molar-refractivity contribution in [3.05, 3.63) is 29.3 Å². The Morgan fingerprint density at radius 2 is 2.10 bits per heavy atom. The number of hydroxylamine groups is 1. The lowest BCUT2D eigenvalue weighted by Gasteiger charge is -2.10. The number of aryl methyl sites for hydroxylation is 1. The first-order chi connectivity index (χ1) is 9.44. The second-order valence-corrected chi connectivity index (χ2v) is 6.45.